The molecule has 1 aromatic carbocycles. The standard InChI is InChI=1S/C15H19BrFN7O3S.H2O/c16-11-6-10(3-4-12(11)17)21-14(18)13-15(24-27-23-13)22-9-2-1-8(5-9)7-20-28(19,25)26;/h3-4,6,8-9,20H,1-2,5,7H2,(H2,18,21)(H,22,24)(H2,19,25,26);1H2. The summed E-state index contributed by atoms with van der Waals surface area (Å²) >= 11 is 3.09. The number of aliphatic imine (C=N–C) groups is 1. The molecule has 3 rings (SSSR count). The minimum absolute atomic E-state index is 0. The molecule has 2 atom stereocenters. The number of aromatic nitrogens is 2. The molecule has 0 saturated heterocycles. The van der Waals surface area contributed by atoms with Gasteiger partial charge >= 0.3 is 0 Å². The van der Waals surface area contributed by atoms with Crippen LogP contribution in [0.1, 0.15) is 25.0 Å². The number of benzene rings is 1. The average molecular weight is 494 g/mol. The van der Waals surface area contributed by atoms with Gasteiger partial charge in [0.1, 0.15) is 5.82 Å². The van der Waals surface area contributed by atoms with E-state index in [2.05, 4.69) is 41.3 Å². The fourth-order valence-electron chi connectivity index (χ4n) is 3.02. The van der Waals surface area contributed by atoms with Crippen molar-refractivity contribution in [2.75, 3.05) is 11.9 Å². The van der Waals surface area contributed by atoms with Gasteiger partial charge in [0.2, 0.25) is 5.82 Å². The predicted molar refractivity (Wildman–Crippen MR) is 108 cm³/mol. The van der Waals surface area contributed by atoms with Crippen molar-refractivity contribution in [3.8, 4) is 0 Å². The number of hydrogen-bond acceptors (Lipinski definition) is 7. The van der Waals surface area contributed by atoms with Crippen molar-refractivity contribution in [1.82, 2.24) is 15.0 Å². The molecular formula is C15H21BrFN7O4S. The molecule has 1 aliphatic rings. The molecule has 1 fully saturated rings. The van der Waals surface area contributed by atoms with E-state index in [1.165, 1.54) is 18.2 Å². The van der Waals surface area contributed by atoms with Gasteiger partial charge in [0.05, 0.1) is 10.2 Å². The molecule has 2 aromatic rings. The first-order valence-corrected chi connectivity index (χ1v) is 10.7. The summed E-state index contributed by atoms with van der Waals surface area (Å²) < 4.78 is 42.7. The molecular weight excluding hydrogens is 473 g/mol. The van der Waals surface area contributed by atoms with Crippen molar-refractivity contribution >= 4 is 43.5 Å². The van der Waals surface area contributed by atoms with E-state index < -0.39 is 16.0 Å². The highest BCUT2D eigenvalue weighted by Gasteiger charge is 2.27. The van der Waals surface area contributed by atoms with Crippen LogP contribution < -0.4 is 20.9 Å². The highest BCUT2D eigenvalue weighted by atomic mass is 79.9. The van der Waals surface area contributed by atoms with Gasteiger partial charge in [-0.1, -0.05) is 0 Å². The molecule has 1 saturated carbocycles. The van der Waals surface area contributed by atoms with E-state index in [0.29, 0.717) is 11.5 Å². The second kappa shape index (κ2) is 9.58. The van der Waals surface area contributed by atoms with Crippen molar-refractivity contribution in [3.05, 3.63) is 34.2 Å². The maximum Gasteiger partial charge on any atom is 0.274 e. The minimum atomic E-state index is -3.70. The molecule has 1 heterocycles. The van der Waals surface area contributed by atoms with Crippen LogP contribution in [0.5, 0.6) is 0 Å². The first kappa shape index (κ1) is 23.2. The molecule has 1 aromatic heterocycles. The first-order valence-electron chi connectivity index (χ1n) is 8.37. The number of nitrogens with zero attached hydrogens (tertiary/aromatic N) is 3. The van der Waals surface area contributed by atoms with Gasteiger partial charge in [-0.15, -0.1) is 0 Å². The van der Waals surface area contributed by atoms with Crippen LogP contribution >= 0.6 is 15.9 Å². The summed E-state index contributed by atoms with van der Waals surface area (Å²) in [5, 5.41) is 15.8. The van der Waals surface area contributed by atoms with E-state index in [1.807, 2.05) is 0 Å². The lowest BCUT2D eigenvalue weighted by Gasteiger charge is -2.13. The summed E-state index contributed by atoms with van der Waals surface area (Å²) in [7, 11) is -3.70. The molecule has 8 N–H and O–H groups in total. The highest BCUT2D eigenvalue weighted by Crippen LogP contribution is 2.28. The zero-order valence-electron chi connectivity index (χ0n) is 15.1. The maximum absolute atomic E-state index is 13.3. The second-order valence-corrected chi connectivity index (χ2v) is 8.70. The summed E-state index contributed by atoms with van der Waals surface area (Å²) in [4.78, 5) is 4.21. The van der Waals surface area contributed by atoms with E-state index in [1.54, 1.807) is 0 Å². The average Bonchev–Trinajstić information content (AvgIpc) is 3.25. The van der Waals surface area contributed by atoms with Gasteiger partial charge in [0, 0.05) is 12.6 Å². The summed E-state index contributed by atoms with van der Waals surface area (Å²) in [6, 6.07) is 4.28. The van der Waals surface area contributed by atoms with Crippen LogP contribution in [-0.2, 0) is 10.2 Å². The fourth-order valence-corrected chi connectivity index (χ4v) is 3.85. The third-order valence-corrected chi connectivity index (χ3v) is 5.52. The number of nitrogens with one attached hydrogen (secondary N) is 2. The summed E-state index contributed by atoms with van der Waals surface area (Å²) in [6.07, 6.45) is 2.36. The molecule has 0 spiro atoms. The molecule has 2 unspecified atom stereocenters. The molecule has 14 heteroatoms. The monoisotopic (exact) mass is 493 g/mol. The highest BCUT2D eigenvalue weighted by molar-refractivity contribution is 9.10. The molecule has 1 aliphatic carbocycles. The van der Waals surface area contributed by atoms with Crippen molar-refractivity contribution in [2.24, 2.45) is 21.8 Å². The Morgan fingerprint density at radius 1 is 1.38 bits per heavy atom. The van der Waals surface area contributed by atoms with Crippen LogP contribution in [0, 0.1) is 11.7 Å². The predicted octanol–water partition coefficient (Wildman–Crippen LogP) is 0.557. The Hall–Kier alpha value is -2.13. The Balaban J connectivity index is 0.00000300. The smallest absolute Gasteiger partial charge is 0.274 e. The van der Waals surface area contributed by atoms with Crippen molar-refractivity contribution in [1.29, 1.82) is 0 Å². The normalized spacial score (nSPS) is 19.8. The summed E-state index contributed by atoms with van der Waals surface area (Å²) in [5.41, 5.74) is 6.69. The van der Waals surface area contributed by atoms with Gasteiger partial charge in [-0.05, 0) is 69.6 Å². The molecule has 11 nitrogen and oxygen atoms in total. The Bertz CT molecular complexity index is 985. The number of rotatable bonds is 7. The molecule has 29 heavy (non-hydrogen) atoms. The van der Waals surface area contributed by atoms with Crippen LogP contribution in [-0.4, -0.2) is 42.6 Å². The Labute approximate surface area is 174 Å². The van der Waals surface area contributed by atoms with Crippen LogP contribution in [0.25, 0.3) is 0 Å². The van der Waals surface area contributed by atoms with Gasteiger partial charge in [-0.25, -0.2) is 23.9 Å². The summed E-state index contributed by atoms with van der Waals surface area (Å²) in [6.45, 7) is 0.282. The number of anilines is 1. The minimum Gasteiger partial charge on any atom is -0.412 e. The van der Waals surface area contributed by atoms with E-state index in [-0.39, 0.29) is 40.0 Å². The van der Waals surface area contributed by atoms with Gasteiger partial charge < -0.3 is 16.5 Å². The van der Waals surface area contributed by atoms with Crippen LogP contribution in [0.15, 0.2) is 32.3 Å². The third-order valence-electron chi connectivity index (χ3n) is 4.34. The first-order chi connectivity index (χ1) is 13.2. The van der Waals surface area contributed by atoms with Gasteiger partial charge in [0.25, 0.3) is 10.2 Å². The van der Waals surface area contributed by atoms with E-state index >= 15 is 0 Å². The molecule has 160 valence electrons. The van der Waals surface area contributed by atoms with E-state index in [9.17, 15) is 12.8 Å². The maximum atomic E-state index is 13.3. The van der Waals surface area contributed by atoms with Gasteiger partial charge in [-0.2, -0.15) is 8.42 Å². The van der Waals surface area contributed by atoms with E-state index in [0.717, 1.165) is 19.3 Å². The zero-order valence-corrected chi connectivity index (χ0v) is 17.5. The molecule has 0 amide bonds. The second-order valence-electron chi connectivity index (χ2n) is 6.47. The molecule has 0 bridgehead atoms. The number of halogens is 2. The Morgan fingerprint density at radius 3 is 2.83 bits per heavy atom. The Kier molecular flexibility index (Phi) is 7.65. The number of nitrogens with two attached hydrogens (primary N) is 2. The number of amidine groups is 1. The molecule has 0 radical (unpaired) electrons. The van der Waals surface area contributed by atoms with Crippen molar-refractivity contribution < 1.29 is 22.9 Å². The van der Waals surface area contributed by atoms with Crippen molar-refractivity contribution in [3.63, 3.8) is 0 Å². The van der Waals surface area contributed by atoms with Crippen LogP contribution in [0.4, 0.5) is 15.9 Å². The van der Waals surface area contributed by atoms with Crippen LogP contribution in [0.3, 0.4) is 0 Å². The fraction of sp³-hybridized carbons (Fsp3) is 0.400. The third kappa shape index (κ3) is 6.43. The summed E-state index contributed by atoms with van der Waals surface area (Å²) in [5.74, 6) is 0.151. The lowest BCUT2D eigenvalue weighted by Crippen LogP contribution is -2.34. The van der Waals surface area contributed by atoms with Gasteiger partial charge in [0.15, 0.2) is 11.5 Å². The SMILES string of the molecule is NC(=Nc1ccc(F)c(Br)c1)c1nonc1NC1CCC(CNS(N)(=O)=O)C1.O. The lowest BCUT2D eigenvalue weighted by atomic mass is 10.1. The largest absolute Gasteiger partial charge is 0.412 e. The Morgan fingerprint density at radius 2 is 2.14 bits per heavy atom. The quantitative estimate of drug-likeness (QED) is 0.319. The van der Waals surface area contributed by atoms with Gasteiger partial charge in [-0.3, -0.25) is 0 Å². The topological polar surface area (TPSA) is 193 Å². The molecule has 0 aliphatic heterocycles. The van der Waals surface area contributed by atoms with E-state index in [4.69, 9.17) is 15.5 Å². The lowest BCUT2D eigenvalue weighted by molar-refractivity contribution is 0.307. The number of hydrogen-bond donors (Lipinski definition) is 4. The van der Waals surface area contributed by atoms with Crippen molar-refractivity contribution in [2.45, 2.75) is 25.3 Å². The van der Waals surface area contributed by atoms with Crippen LogP contribution in [0.2, 0.25) is 0 Å². The zero-order chi connectivity index (χ0) is 20.3.